The normalized spacial score (nSPS) is 12.5. The zero-order chi connectivity index (χ0) is 24.2. The molecular formula is C21H27N5O5S. The number of aromatic nitrogens is 4. The molecule has 0 spiro atoms. The minimum absolute atomic E-state index is 0.0604. The van der Waals surface area contributed by atoms with Crippen molar-refractivity contribution in [2.45, 2.75) is 40.5 Å². The monoisotopic (exact) mass is 461 g/mol. The Kier molecular flexibility index (Phi) is 5.67. The zero-order valence-electron chi connectivity index (χ0n) is 19.1. The number of sulfonamides is 1. The maximum absolute atomic E-state index is 13.4. The second-order valence-electron chi connectivity index (χ2n) is 9.09. The number of carbonyl (C=O) groups excluding carboxylic acids is 1. The third-order valence-electron chi connectivity index (χ3n) is 5.08. The molecule has 2 aromatic heterocycles. The van der Waals surface area contributed by atoms with Gasteiger partial charge in [0, 0.05) is 24.2 Å². The van der Waals surface area contributed by atoms with Gasteiger partial charge in [-0.3, -0.25) is 14.3 Å². The van der Waals surface area contributed by atoms with Gasteiger partial charge in [-0.05, 0) is 29.7 Å². The van der Waals surface area contributed by atoms with Crippen LogP contribution in [-0.4, -0.2) is 40.0 Å². The zero-order valence-corrected chi connectivity index (χ0v) is 19.9. The van der Waals surface area contributed by atoms with Crippen molar-refractivity contribution in [3.8, 4) is 11.3 Å². The molecule has 2 heterocycles. The van der Waals surface area contributed by atoms with Crippen LogP contribution in [-0.2, 0) is 21.9 Å². The highest BCUT2D eigenvalue weighted by molar-refractivity contribution is 7.92. The summed E-state index contributed by atoms with van der Waals surface area (Å²) in [5.74, 6) is -0.845. The highest BCUT2D eigenvalue weighted by atomic mass is 32.2. The van der Waals surface area contributed by atoms with E-state index in [0.29, 0.717) is 4.68 Å². The minimum atomic E-state index is -4.28. The maximum atomic E-state index is 13.4. The van der Waals surface area contributed by atoms with E-state index >= 15 is 0 Å². The molecule has 0 aliphatic rings. The number of carbonyl (C=O) groups is 1. The average Bonchev–Trinajstić information content (AvgIpc) is 3.07. The predicted octanol–water partition coefficient (Wildman–Crippen LogP) is 1.68. The van der Waals surface area contributed by atoms with Crippen LogP contribution in [0.1, 0.15) is 46.1 Å². The molecule has 172 valence electrons. The van der Waals surface area contributed by atoms with Crippen LogP contribution in [0.2, 0.25) is 0 Å². The Morgan fingerprint density at radius 2 is 1.81 bits per heavy atom. The van der Waals surface area contributed by atoms with Crippen molar-refractivity contribution in [3.05, 3.63) is 50.8 Å². The van der Waals surface area contributed by atoms with Crippen LogP contribution in [0, 0.1) is 5.41 Å². The second-order valence-corrected chi connectivity index (χ2v) is 10.9. The molecule has 11 heteroatoms. The molecule has 1 N–H and O–H groups in total. The Labute approximate surface area is 185 Å². The van der Waals surface area contributed by atoms with Crippen LogP contribution in [0.4, 0.5) is 0 Å². The smallest absolute Gasteiger partial charge is 0.305 e. The molecular weight excluding hydrogens is 434 g/mol. The molecule has 0 fully saturated rings. The lowest BCUT2D eigenvalue weighted by Gasteiger charge is -2.27. The van der Waals surface area contributed by atoms with Gasteiger partial charge in [0.15, 0.2) is 0 Å². The van der Waals surface area contributed by atoms with Crippen molar-refractivity contribution in [1.82, 2.24) is 19.4 Å². The van der Waals surface area contributed by atoms with E-state index in [1.807, 2.05) is 13.8 Å². The first-order valence-electron chi connectivity index (χ1n) is 10.0. The lowest BCUT2D eigenvalue weighted by molar-refractivity contribution is -0.125. The van der Waals surface area contributed by atoms with Crippen molar-refractivity contribution in [2.24, 2.45) is 12.5 Å². The highest BCUT2D eigenvalue weighted by Crippen LogP contribution is 2.31. The van der Waals surface area contributed by atoms with Crippen molar-refractivity contribution in [1.29, 1.82) is 0 Å². The summed E-state index contributed by atoms with van der Waals surface area (Å²) >= 11 is 0. The van der Waals surface area contributed by atoms with E-state index in [0.717, 1.165) is 23.1 Å². The average molecular weight is 462 g/mol. The van der Waals surface area contributed by atoms with Gasteiger partial charge in [0.1, 0.15) is 0 Å². The minimum Gasteiger partial charge on any atom is -0.305 e. The van der Waals surface area contributed by atoms with Crippen LogP contribution < -0.4 is 15.7 Å². The van der Waals surface area contributed by atoms with Gasteiger partial charge in [0.2, 0.25) is 0 Å². The Hall–Kier alpha value is -3.21. The number of aryl methyl sites for hydroxylation is 1. The Balaban J connectivity index is 2.44. The molecule has 0 atom stereocenters. The van der Waals surface area contributed by atoms with E-state index in [1.165, 1.54) is 20.8 Å². The maximum Gasteiger partial charge on any atom is 0.349 e. The van der Waals surface area contributed by atoms with Gasteiger partial charge in [0.05, 0.1) is 22.9 Å². The van der Waals surface area contributed by atoms with Gasteiger partial charge in [-0.1, -0.05) is 34.6 Å². The first-order chi connectivity index (χ1) is 14.6. The molecule has 0 saturated carbocycles. The van der Waals surface area contributed by atoms with Gasteiger partial charge < -0.3 is 4.98 Å². The summed E-state index contributed by atoms with van der Waals surface area (Å²) in [6.07, 6.45) is 2.40. The molecule has 0 bridgehead atoms. The first kappa shape index (κ1) is 23.5. The lowest BCUT2D eigenvalue weighted by Crippen LogP contribution is -2.58. The summed E-state index contributed by atoms with van der Waals surface area (Å²) in [6.45, 7) is 8.47. The summed E-state index contributed by atoms with van der Waals surface area (Å²) in [5, 5.41) is 4.25. The van der Waals surface area contributed by atoms with Crippen molar-refractivity contribution >= 4 is 26.8 Å². The number of benzene rings is 1. The largest absolute Gasteiger partial charge is 0.349 e. The SMILES string of the molecule is CC(C)c1cc2[nH]c(=O)n(N(C(=O)C(C)(C)C)S(C)(=O)=O)c(=O)c2cc1-c1ccnn1C. The second kappa shape index (κ2) is 7.73. The summed E-state index contributed by atoms with van der Waals surface area (Å²) < 4.78 is 27.2. The van der Waals surface area contributed by atoms with Gasteiger partial charge in [0.25, 0.3) is 21.5 Å². The summed E-state index contributed by atoms with van der Waals surface area (Å²) in [6, 6.07) is 5.09. The van der Waals surface area contributed by atoms with Crippen molar-refractivity contribution in [2.75, 3.05) is 10.7 Å². The summed E-state index contributed by atoms with van der Waals surface area (Å²) in [4.78, 5) is 41.8. The number of H-pyrrole nitrogens is 1. The van der Waals surface area contributed by atoms with Gasteiger partial charge in [-0.15, -0.1) is 9.09 Å². The molecule has 0 unspecified atom stereocenters. The molecule has 0 aliphatic heterocycles. The Morgan fingerprint density at radius 1 is 1.19 bits per heavy atom. The predicted molar refractivity (Wildman–Crippen MR) is 123 cm³/mol. The number of hydrogen-bond donors (Lipinski definition) is 1. The first-order valence-corrected chi connectivity index (χ1v) is 11.9. The van der Waals surface area contributed by atoms with E-state index in [-0.39, 0.29) is 21.2 Å². The number of hydrogen-bond acceptors (Lipinski definition) is 6. The van der Waals surface area contributed by atoms with E-state index in [1.54, 1.807) is 36.1 Å². The van der Waals surface area contributed by atoms with Gasteiger partial charge >= 0.3 is 5.69 Å². The quantitative estimate of drug-likeness (QED) is 0.630. The van der Waals surface area contributed by atoms with Gasteiger partial charge in [-0.25, -0.2) is 13.2 Å². The van der Waals surface area contributed by atoms with Crippen LogP contribution in [0.5, 0.6) is 0 Å². The molecule has 10 nitrogen and oxygen atoms in total. The lowest BCUT2D eigenvalue weighted by atomic mass is 9.93. The van der Waals surface area contributed by atoms with Crippen molar-refractivity contribution in [3.63, 3.8) is 0 Å². The Bertz CT molecular complexity index is 1440. The fraction of sp³-hybridized carbons (Fsp3) is 0.429. The van der Waals surface area contributed by atoms with E-state index in [9.17, 15) is 22.8 Å². The fourth-order valence-electron chi connectivity index (χ4n) is 3.45. The molecule has 0 aliphatic carbocycles. The molecule has 3 aromatic rings. The molecule has 1 amide bonds. The fourth-order valence-corrected chi connectivity index (χ4v) is 4.47. The number of nitrogens with zero attached hydrogens (tertiary/aromatic N) is 4. The van der Waals surface area contributed by atoms with Crippen LogP contribution in [0.3, 0.4) is 0 Å². The number of aromatic amines is 1. The van der Waals surface area contributed by atoms with Gasteiger partial charge in [-0.2, -0.15) is 5.10 Å². The van der Waals surface area contributed by atoms with Crippen molar-refractivity contribution < 1.29 is 13.2 Å². The molecule has 3 rings (SSSR count). The Morgan fingerprint density at radius 3 is 2.28 bits per heavy atom. The molecule has 0 saturated heterocycles. The number of fused-ring (bicyclic) bond motifs is 1. The topological polar surface area (TPSA) is 127 Å². The number of amides is 1. The number of nitrogens with one attached hydrogen (secondary N) is 1. The van der Waals surface area contributed by atoms with Crippen LogP contribution >= 0.6 is 0 Å². The summed E-state index contributed by atoms with van der Waals surface area (Å²) in [7, 11) is -2.52. The third kappa shape index (κ3) is 3.99. The van der Waals surface area contributed by atoms with E-state index in [2.05, 4.69) is 10.1 Å². The van der Waals surface area contributed by atoms with E-state index in [4.69, 9.17) is 0 Å². The van der Waals surface area contributed by atoms with E-state index < -0.39 is 32.6 Å². The number of rotatable bonds is 4. The molecule has 32 heavy (non-hydrogen) atoms. The third-order valence-corrected chi connectivity index (χ3v) is 6.03. The standard InChI is InChI=1S/C21H27N5O5S/c1-12(2)13-11-16-15(10-14(13)17-8-9-22-24(17)6)18(27)25(20(29)23-16)26(32(7,30)31)19(28)21(3,4)5/h8-12H,1-7H3,(H,23,29). The highest BCUT2D eigenvalue weighted by Gasteiger charge is 2.36. The molecule has 0 radical (unpaired) electrons. The molecule has 1 aromatic carbocycles. The van der Waals surface area contributed by atoms with Crippen LogP contribution in [0.15, 0.2) is 34.0 Å². The van der Waals surface area contributed by atoms with Crippen LogP contribution in [0.25, 0.3) is 22.2 Å². The summed E-state index contributed by atoms with van der Waals surface area (Å²) in [5.41, 5.74) is -0.499.